The number of benzene rings is 1. The fourth-order valence-corrected chi connectivity index (χ4v) is 5.42. The van der Waals surface area contributed by atoms with Gasteiger partial charge in [-0.3, -0.25) is 0 Å². The lowest BCUT2D eigenvalue weighted by molar-refractivity contribution is -0.00408. The predicted molar refractivity (Wildman–Crippen MR) is 111 cm³/mol. The van der Waals surface area contributed by atoms with Gasteiger partial charge >= 0.3 is 0 Å². The zero-order chi connectivity index (χ0) is 20.6. The number of ether oxygens (including phenoxy) is 1. The van der Waals surface area contributed by atoms with Gasteiger partial charge in [0, 0.05) is 5.56 Å². The van der Waals surface area contributed by atoms with Gasteiger partial charge < -0.3 is 4.74 Å². The summed E-state index contributed by atoms with van der Waals surface area (Å²) in [6.45, 7) is 2.29. The highest BCUT2D eigenvalue weighted by Gasteiger charge is 2.31. The summed E-state index contributed by atoms with van der Waals surface area (Å²) in [4.78, 5) is 0. The van der Waals surface area contributed by atoms with Crippen molar-refractivity contribution in [3.8, 4) is 0 Å². The molecule has 3 rings (SSSR count). The Labute approximate surface area is 174 Å². The van der Waals surface area contributed by atoms with Crippen LogP contribution in [0.4, 0.5) is 13.2 Å². The van der Waals surface area contributed by atoms with Crippen molar-refractivity contribution in [3.05, 3.63) is 35.1 Å². The Balaban J connectivity index is 1.34. The minimum Gasteiger partial charge on any atom is -0.373 e. The van der Waals surface area contributed by atoms with Crippen molar-refractivity contribution < 1.29 is 17.9 Å². The molecule has 0 aromatic heterocycles. The number of rotatable bonds is 9. The maximum absolute atomic E-state index is 13.8. The van der Waals surface area contributed by atoms with Crippen molar-refractivity contribution in [1.29, 1.82) is 0 Å². The van der Waals surface area contributed by atoms with Gasteiger partial charge in [-0.2, -0.15) is 0 Å². The first-order valence-electron chi connectivity index (χ1n) is 11.8. The molecule has 2 fully saturated rings. The average Bonchev–Trinajstić information content (AvgIpc) is 2.75. The van der Waals surface area contributed by atoms with Gasteiger partial charge in [-0.25, -0.2) is 13.2 Å². The van der Waals surface area contributed by atoms with Gasteiger partial charge in [-0.15, -0.1) is 0 Å². The summed E-state index contributed by atoms with van der Waals surface area (Å²) in [5.41, 5.74) is 0.100. The highest BCUT2D eigenvalue weighted by molar-refractivity contribution is 5.19. The van der Waals surface area contributed by atoms with Crippen LogP contribution in [0.1, 0.15) is 96.0 Å². The number of hydrogen-bond acceptors (Lipinski definition) is 1. The van der Waals surface area contributed by atoms with Crippen LogP contribution in [0.5, 0.6) is 0 Å². The zero-order valence-corrected chi connectivity index (χ0v) is 17.9. The normalized spacial score (nSPS) is 27.9. The van der Waals surface area contributed by atoms with E-state index in [4.69, 9.17) is 4.74 Å². The molecular weight excluding hydrogens is 373 g/mol. The Morgan fingerprint density at radius 2 is 1.45 bits per heavy atom. The summed E-state index contributed by atoms with van der Waals surface area (Å²) >= 11 is 0. The second-order valence-corrected chi connectivity index (χ2v) is 9.31. The first-order chi connectivity index (χ1) is 14.1. The molecule has 0 spiro atoms. The molecule has 29 heavy (non-hydrogen) atoms. The van der Waals surface area contributed by atoms with Crippen LogP contribution in [0, 0.1) is 35.2 Å². The lowest BCUT2D eigenvalue weighted by Gasteiger charge is -2.38. The largest absolute Gasteiger partial charge is 0.373 e. The molecule has 0 aliphatic heterocycles. The minimum absolute atomic E-state index is 0.0154. The Morgan fingerprint density at radius 3 is 2.10 bits per heavy atom. The first kappa shape index (κ1) is 22.7. The van der Waals surface area contributed by atoms with E-state index < -0.39 is 17.5 Å². The zero-order valence-electron chi connectivity index (χ0n) is 17.9. The summed E-state index contributed by atoms with van der Waals surface area (Å²) in [6.07, 6.45) is 16.9. The van der Waals surface area contributed by atoms with Gasteiger partial charge in [-0.1, -0.05) is 57.9 Å². The van der Waals surface area contributed by atoms with E-state index in [1.807, 2.05) is 0 Å². The third-order valence-electron chi connectivity index (χ3n) is 7.33. The molecule has 164 valence electrons. The Hall–Kier alpha value is -1.03. The van der Waals surface area contributed by atoms with Crippen LogP contribution >= 0.6 is 0 Å². The van der Waals surface area contributed by atoms with Gasteiger partial charge in [0.2, 0.25) is 0 Å². The van der Waals surface area contributed by atoms with Crippen LogP contribution in [0.3, 0.4) is 0 Å². The topological polar surface area (TPSA) is 9.23 Å². The van der Waals surface area contributed by atoms with Gasteiger partial charge in [0.05, 0.1) is 12.7 Å². The predicted octanol–water partition coefficient (Wildman–Crippen LogP) is 7.96. The third-order valence-corrected chi connectivity index (χ3v) is 7.33. The number of hydrogen-bond donors (Lipinski definition) is 0. The van der Waals surface area contributed by atoms with Crippen LogP contribution in [0.25, 0.3) is 0 Å². The lowest BCUT2D eigenvalue weighted by Crippen LogP contribution is -2.28. The van der Waals surface area contributed by atoms with E-state index in [0.717, 1.165) is 36.7 Å². The molecule has 0 unspecified atom stereocenters. The van der Waals surface area contributed by atoms with E-state index in [9.17, 15) is 13.2 Å². The summed E-state index contributed by atoms with van der Waals surface area (Å²) in [5, 5.41) is 0. The monoisotopic (exact) mass is 410 g/mol. The number of unbranched alkanes of at least 4 members (excludes halogenated alkanes) is 3. The molecule has 0 heterocycles. The van der Waals surface area contributed by atoms with Crippen molar-refractivity contribution in [1.82, 2.24) is 0 Å². The molecule has 0 amide bonds. The maximum atomic E-state index is 13.8. The molecule has 1 nitrogen and oxygen atoms in total. The van der Waals surface area contributed by atoms with Crippen molar-refractivity contribution in [2.75, 3.05) is 0 Å². The Bertz CT molecular complexity index is 617. The Morgan fingerprint density at radius 1 is 0.793 bits per heavy atom. The van der Waals surface area contributed by atoms with E-state index in [1.165, 1.54) is 76.7 Å². The molecule has 0 radical (unpaired) electrons. The van der Waals surface area contributed by atoms with Gasteiger partial charge in [-0.05, 0) is 62.3 Å². The summed E-state index contributed by atoms with van der Waals surface area (Å²) < 4.78 is 46.0. The van der Waals surface area contributed by atoms with Crippen molar-refractivity contribution in [3.63, 3.8) is 0 Å². The molecule has 2 aliphatic carbocycles. The van der Waals surface area contributed by atoms with Crippen molar-refractivity contribution >= 4 is 0 Å². The van der Waals surface area contributed by atoms with Gasteiger partial charge in [0.1, 0.15) is 0 Å². The first-order valence-corrected chi connectivity index (χ1v) is 11.8. The maximum Gasteiger partial charge on any atom is 0.194 e. The second kappa shape index (κ2) is 11.4. The molecule has 0 bridgehead atoms. The quantitative estimate of drug-likeness (QED) is 0.296. The van der Waals surface area contributed by atoms with E-state index in [2.05, 4.69) is 6.92 Å². The molecule has 4 heteroatoms. The molecule has 0 N–H and O–H groups in total. The molecule has 0 atom stereocenters. The van der Waals surface area contributed by atoms with Crippen LogP contribution in [0.15, 0.2) is 12.1 Å². The van der Waals surface area contributed by atoms with Crippen LogP contribution < -0.4 is 0 Å². The van der Waals surface area contributed by atoms with E-state index in [0.29, 0.717) is 0 Å². The van der Waals surface area contributed by atoms with Crippen LogP contribution in [0.2, 0.25) is 0 Å². The van der Waals surface area contributed by atoms with Gasteiger partial charge in [0.25, 0.3) is 0 Å². The van der Waals surface area contributed by atoms with Crippen molar-refractivity contribution in [2.45, 2.75) is 103 Å². The minimum atomic E-state index is -1.41. The molecule has 1 aromatic rings. The highest BCUT2D eigenvalue weighted by atomic mass is 19.2. The summed E-state index contributed by atoms with van der Waals surface area (Å²) in [7, 11) is 0. The smallest absolute Gasteiger partial charge is 0.194 e. The van der Waals surface area contributed by atoms with E-state index in [-0.39, 0.29) is 18.3 Å². The van der Waals surface area contributed by atoms with E-state index >= 15 is 0 Å². The molecule has 0 saturated heterocycles. The average molecular weight is 411 g/mol. The van der Waals surface area contributed by atoms with Crippen molar-refractivity contribution in [2.24, 2.45) is 17.8 Å². The van der Waals surface area contributed by atoms with E-state index in [1.54, 1.807) is 0 Å². The Kier molecular flexibility index (Phi) is 8.89. The molecular formula is C25H37F3O. The van der Waals surface area contributed by atoms with Gasteiger partial charge in [0.15, 0.2) is 17.5 Å². The third kappa shape index (κ3) is 6.47. The SMILES string of the molecule is CCCCCCC1CCC(C2CCC(OCc3ccc(F)c(F)c3F)CC2)CC1. The molecule has 2 saturated carbocycles. The highest BCUT2D eigenvalue weighted by Crippen LogP contribution is 2.41. The molecule has 1 aromatic carbocycles. The fraction of sp³-hybridized carbons (Fsp3) is 0.760. The fourth-order valence-electron chi connectivity index (χ4n) is 5.42. The second-order valence-electron chi connectivity index (χ2n) is 9.31. The number of halogens is 3. The molecule has 2 aliphatic rings. The lowest BCUT2D eigenvalue weighted by atomic mass is 9.70. The summed E-state index contributed by atoms with van der Waals surface area (Å²) in [5.74, 6) is -1.06. The standard InChI is InChI=1S/C25H37F3O/c1-2-3-4-5-6-18-7-9-19(10-8-18)20-11-14-22(15-12-20)29-17-21-13-16-23(26)25(28)24(21)27/h13,16,18-20,22H,2-12,14-15,17H2,1H3. The van der Waals surface area contributed by atoms with Crippen LogP contribution in [-0.4, -0.2) is 6.10 Å². The summed E-state index contributed by atoms with van der Waals surface area (Å²) in [6, 6.07) is 2.24. The van der Waals surface area contributed by atoms with Crippen LogP contribution in [-0.2, 0) is 11.3 Å².